The van der Waals surface area contributed by atoms with Crippen molar-refractivity contribution in [1.29, 1.82) is 0 Å². The first kappa shape index (κ1) is 22.6. The minimum atomic E-state index is -4.28. The molecule has 1 saturated carbocycles. The molecule has 164 valence electrons. The molecule has 2 aromatic rings. The molecule has 0 bridgehead atoms. The number of hydrogen-bond acceptors (Lipinski definition) is 3. The van der Waals surface area contributed by atoms with Crippen LogP contribution in [0.3, 0.4) is 0 Å². The van der Waals surface area contributed by atoms with Gasteiger partial charge in [0.1, 0.15) is 11.6 Å². The zero-order valence-electron chi connectivity index (χ0n) is 15.8. The summed E-state index contributed by atoms with van der Waals surface area (Å²) in [7, 11) is -3.83. The molecule has 0 radical (unpaired) electrons. The molecule has 0 heterocycles. The standard InChI is InChI=1S/C20H21F5N2O2S/c21-14-3-10-18(19(22)11-14)13-1-8-17(9-2-13)30(28,29)27-16-6-4-15(5-7-16)26-12-20(23,24)25/h1-3,8-11,15-16,26-27H,4-7,12H2/t15-,16+. The molecule has 3 rings (SSSR count). The van der Waals surface area contributed by atoms with E-state index in [-0.39, 0.29) is 22.5 Å². The van der Waals surface area contributed by atoms with Crippen LogP contribution in [0, 0.1) is 11.6 Å². The number of halogens is 5. The summed E-state index contributed by atoms with van der Waals surface area (Å²) in [6.07, 6.45) is -2.55. The Labute approximate surface area is 171 Å². The van der Waals surface area contributed by atoms with Crippen LogP contribution in [-0.2, 0) is 10.0 Å². The first-order valence-electron chi connectivity index (χ1n) is 9.41. The molecule has 0 atom stereocenters. The summed E-state index contributed by atoms with van der Waals surface area (Å²) in [5.74, 6) is -1.46. The molecule has 1 aliphatic rings. The summed E-state index contributed by atoms with van der Waals surface area (Å²) < 4.78 is 91.6. The van der Waals surface area contributed by atoms with Crippen molar-refractivity contribution in [3.8, 4) is 11.1 Å². The summed E-state index contributed by atoms with van der Waals surface area (Å²) in [6, 6.07) is 8.01. The van der Waals surface area contributed by atoms with Crippen molar-refractivity contribution in [1.82, 2.24) is 10.0 Å². The predicted molar refractivity (Wildman–Crippen MR) is 102 cm³/mol. The second-order valence-electron chi connectivity index (χ2n) is 7.31. The number of alkyl halides is 3. The molecule has 0 amide bonds. The molecular formula is C20H21F5N2O2S. The first-order valence-corrected chi connectivity index (χ1v) is 10.9. The quantitative estimate of drug-likeness (QED) is 0.646. The maximum atomic E-state index is 13.9. The van der Waals surface area contributed by atoms with E-state index in [0.717, 1.165) is 12.1 Å². The number of nitrogens with one attached hydrogen (secondary N) is 2. The lowest BCUT2D eigenvalue weighted by atomic mass is 9.92. The van der Waals surface area contributed by atoms with E-state index in [2.05, 4.69) is 10.0 Å². The second kappa shape index (κ2) is 8.99. The molecule has 2 N–H and O–H groups in total. The van der Waals surface area contributed by atoms with Gasteiger partial charge < -0.3 is 5.32 Å². The van der Waals surface area contributed by atoms with Crippen LogP contribution in [0.2, 0.25) is 0 Å². The summed E-state index contributed by atoms with van der Waals surface area (Å²) in [5.41, 5.74) is 0.556. The minimum Gasteiger partial charge on any atom is -0.306 e. The van der Waals surface area contributed by atoms with Gasteiger partial charge >= 0.3 is 6.18 Å². The molecular weight excluding hydrogens is 427 g/mol. The van der Waals surface area contributed by atoms with Gasteiger partial charge in [-0.25, -0.2) is 21.9 Å². The van der Waals surface area contributed by atoms with Gasteiger partial charge in [0.15, 0.2) is 0 Å². The van der Waals surface area contributed by atoms with E-state index >= 15 is 0 Å². The Morgan fingerprint density at radius 3 is 2.07 bits per heavy atom. The van der Waals surface area contributed by atoms with Gasteiger partial charge in [-0.3, -0.25) is 0 Å². The van der Waals surface area contributed by atoms with Gasteiger partial charge in [-0.05, 0) is 55.5 Å². The van der Waals surface area contributed by atoms with Crippen molar-refractivity contribution >= 4 is 10.0 Å². The lowest BCUT2D eigenvalue weighted by molar-refractivity contribution is -0.126. The molecule has 0 unspecified atom stereocenters. The van der Waals surface area contributed by atoms with Crippen LogP contribution in [-0.4, -0.2) is 33.2 Å². The molecule has 0 aromatic heterocycles. The number of benzene rings is 2. The van der Waals surface area contributed by atoms with Crippen LogP contribution in [0.25, 0.3) is 11.1 Å². The SMILES string of the molecule is O=S(=O)(N[C@H]1CC[C@@H](NCC(F)(F)F)CC1)c1ccc(-c2ccc(F)cc2F)cc1. The fraction of sp³-hybridized carbons (Fsp3) is 0.400. The lowest BCUT2D eigenvalue weighted by Crippen LogP contribution is -2.44. The van der Waals surface area contributed by atoms with Crippen LogP contribution >= 0.6 is 0 Å². The Morgan fingerprint density at radius 2 is 1.50 bits per heavy atom. The van der Waals surface area contributed by atoms with Gasteiger partial charge in [-0.1, -0.05) is 12.1 Å². The largest absolute Gasteiger partial charge is 0.401 e. The van der Waals surface area contributed by atoms with Crippen LogP contribution in [0.5, 0.6) is 0 Å². The van der Waals surface area contributed by atoms with E-state index in [4.69, 9.17) is 0 Å². The van der Waals surface area contributed by atoms with Gasteiger partial charge in [-0.2, -0.15) is 13.2 Å². The Kier molecular flexibility index (Phi) is 6.78. The summed E-state index contributed by atoms with van der Waals surface area (Å²) in [4.78, 5) is -0.00825. The van der Waals surface area contributed by atoms with Crippen LogP contribution in [0.4, 0.5) is 22.0 Å². The topological polar surface area (TPSA) is 58.2 Å². The highest BCUT2D eigenvalue weighted by atomic mass is 32.2. The molecule has 10 heteroatoms. The van der Waals surface area contributed by atoms with Crippen molar-refractivity contribution in [3.63, 3.8) is 0 Å². The summed E-state index contributed by atoms with van der Waals surface area (Å²) >= 11 is 0. The van der Waals surface area contributed by atoms with Gasteiger partial charge in [0, 0.05) is 23.7 Å². The Balaban J connectivity index is 1.60. The van der Waals surface area contributed by atoms with Crippen molar-refractivity contribution < 1.29 is 30.4 Å². The molecule has 0 saturated heterocycles. The summed E-state index contributed by atoms with van der Waals surface area (Å²) in [5, 5.41) is 2.45. The van der Waals surface area contributed by atoms with Crippen LogP contribution in [0.15, 0.2) is 47.4 Å². The Morgan fingerprint density at radius 1 is 0.900 bits per heavy atom. The fourth-order valence-corrected chi connectivity index (χ4v) is 4.81. The normalized spacial score (nSPS) is 20.3. The van der Waals surface area contributed by atoms with Crippen molar-refractivity contribution in [2.45, 2.75) is 48.8 Å². The van der Waals surface area contributed by atoms with Gasteiger partial charge in [-0.15, -0.1) is 0 Å². The highest BCUT2D eigenvalue weighted by Gasteiger charge is 2.30. The number of sulfonamides is 1. The average molecular weight is 448 g/mol. The second-order valence-corrected chi connectivity index (χ2v) is 9.03. The highest BCUT2D eigenvalue weighted by molar-refractivity contribution is 7.89. The molecule has 1 aliphatic carbocycles. The van der Waals surface area contributed by atoms with E-state index in [1.165, 1.54) is 30.3 Å². The molecule has 30 heavy (non-hydrogen) atoms. The first-order chi connectivity index (χ1) is 14.0. The number of hydrogen-bond donors (Lipinski definition) is 2. The van der Waals surface area contributed by atoms with Gasteiger partial charge in [0.2, 0.25) is 10.0 Å². The van der Waals surface area contributed by atoms with Gasteiger partial charge in [0.05, 0.1) is 11.4 Å². The predicted octanol–water partition coefficient (Wildman–Crippen LogP) is 4.37. The van der Waals surface area contributed by atoms with E-state index in [1.54, 1.807) is 0 Å². The summed E-state index contributed by atoms with van der Waals surface area (Å²) in [6.45, 7) is -1.06. The monoisotopic (exact) mass is 448 g/mol. The van der Waals surface area contributed by atoms with E-state index < -0.39 is 34.4 Å². The van der Waals surface area contributed by atoms with Crippen molar-refractivity contribution in [2.24, 2.45) is 0 Å². The lowest BCUT2D eigenvalue weighted by Gasteiger charge is -2.29. The molecule has 4 nitrogen and oxygen atoms in total. The van der Waals surface area contributed by atoms with Crippen LogP contribution < -0.4 is 10.0 Å². The van der Waals surface area contributed by atoms with Crippen LogP contribution in [0.1, 0.15) is 25.7 Å². The van der Waals surface area contributed by atoms with Gasteiger partial charge in [0.25, 0.3) is 0 Å². The maximum absolute atomic E-state index is 13.9. The molecule has 0 aliphatic heterocycles. The molecule has 0 spiro atoms. The average Bonchev–Trinajstić information content (AvgIpc) is 2.67. The van der Waals surface area contributed by atoms with E-state index in [9.17, 15) is 30.4 Å². The molecule has 2 aromatic carbocycles. The highest BCUT2D eigenvalue weighted by Crippen LogP contribution is 2.26. The third kappa shape index (κ3) is 5.99. The zero-order chi connectivity index (χ0) is 21.9. The number of rotatable bonds is 6. The molecule has 1 fully saturated rings. The van der Waals surface area contributed by atoms with Crippen molar-refractivity contribution in [2.75, 3.05) is 6.54 Å². The maximum Gasteiger partial charge on any atom is 0.401 e. The third-order valence-electron chi connectivity index (χ3n) is 5.05. The third-order valence-corrected chi connectivity index (χ3v) is 6.58. The fourth-order valence-electron chi connectivity index (χ4n) is 3.50. The Bertz CT molecular complexity index is 970. The van der Waals surface area contributed by atoms with E-state index in [0.29, 0.717) is 31.2 Å². The Hall–Kier alpha value is -2.04. The smallest absolute Gasteiger partial charge is 0.306 e. The zero-order valence-corrected chi connectivity index (χ0v) is 16.7. The van der Waals surface area contributed by atoms with Crippen molar-refractivity contribution in [3.05, 3.63) is 54.1 Å². The van der Waals surface area contributed by atoms with E-state index in [1.807, 2.05) is 0 Å². The minimum absolute atomic E-state index is 0.00825.